The number of piperidine rings is 2. The molecule has 9 rings (SSSR count). The van der Waals surface area contributed by atoms with Crippen molar-refractivity contribution in [3.63, 3.8) is 0 Å². The van der Waals surface area contributed by atoms with Crippen LogP contribution in [-0.4, -0.2) is 91.6 Å². The van der Waals surface area contributed by atoms with E-state index in [9.17, 15) is 19.5 Å². The number of methoxy groups -OCH3 is 1. The standard InChI is InChI=1S/C45H49N5O6/c1-55-37-4-2-3-31(25-37)43-42(38-12-10-36(51)24-33(38)28-56-43)30-5-7-34(8-6-30)48-17-15-29(16-18-48)26-47-19-21-49(22-20-47)35-9-11-39-32(23-35)27-50(45(39)54)40-13-14-41(52)46-44(40)53/h2-12,23-25,29,40,42-43,51H,13-22,26-28H2,1H3,(H,46,52,53)/t40-,42-,43-/m0/s1. The van der Waals surface area contributed by atoms with E-state index >= 15 is 0 Å². The Hall–Kier alpha value is -5.39. The summed E-state index contributed by atoms with van der Waals surface area (Å²) in [4.78, 5) is 46.4. The smallest absolute Gasteiger partial charge is 0.255 e. The van der Waals surface area contributed by atoms with Crippen molar-refractivity contribution in [1.82, 2.24) is 15.1 Å². The molecule has 0 aliphatic carbocycles. The topological polar surface area (TPSA) is 115 Å². The van der Waals surface area contributed by atoms with Crippen LogP contribution in [0.25, 0.3) is 0 Å². The summed E-state index contributed by atoms with van der Waals surface area (Å²) in [5.74, 6) is 0.927. The maximum atomic E-state index is 13.2. The zero-order valence-corrected chi connectivity index (χ0v) is 31.9. The number of aromatic hydroxyl groups is 1. The number of phenols is 1. The summed E-state index contributed by atoms with van der Waals surface area (Å²) in [6.07, 6.45) is 2.78. The molecule has 5 aliphatic rings. The molecule has 0 saturated carbocycles. The van der Waals surface area contributed by atoms with Crippen LogP contribution in [0.15, 0.2) is 84.9 Å². The number of fused-ring (bicyclic) bond motifs is 2. The maximum absolute atomic E-state index is 13.2. The third-order valence-electron chi connectivity index (χ3n) is 12.6. The largest absolute Gasteiger partial charge is 0.508 e. The van der Waals surface area contributed by atoms with Crippen LogP contribution in [0.2, 0.25) is 0 Å². The van der Waals surface area contributed by atoms with Crippen LogP contribution >= 0.6 is 0 Å². The van der Waals surface area contributed by atoms with Crippen molar-refractivity contribution in [2.45, 2.75) is 56.9 Å². The third kappa shape index (κ3) is 7.10. The van der Waals surface area contributed by atoms with E-state index in [0.717, 1.165) is 86.8 Å². The molecule has 0 spiro atoms. The van der Waals surface area contributed by atoms with E-state index in [1.54, 1.807) is 18.1 Å². The van der Waals surface area contributed by atoms with Crippen molar-refractivity contribution in [1.29, 1.82) is 0 Å². The summed E-state index contributed by atoms with van der Waals surface area (Å²) in [6.45, 7) is 7.91. The average molecular weight is 756 g/mol. The van der Waals surface area contributed by atoms with Gasteiger partial charge in [-0.25, -0.2) is 0 Å². The quantitative estimate of drug-likeness (QED) is 0.222. The molecule has 5 heterocycles. The molecule has 3 atom stereocenters. The Bertz CT molecular complexity index is 2120. The van der Waals surface area contributed by atoms with Gasteiger partial charge < -0.3 is 29.3 Å². The van der Waals surface area contributed by atoms with E-state index < -0.39 is 6.04 Å². The Morgan fingerprint density at radius 2 is 1.55 bits per heavy atom. The second-order valence-electron chi connectivity index (χ2n) is 15.9. The number of rotatable bonds is 8. The van der Waals surface area contributed by atoms with Gasteiger partial charge >= 0.3 is 0 Å². The van der Waals surface area contributed by atoms with Crippen LogP contribution in [0.1, 0.15) is 75.9 Å². The lowest BCUT2D eigenvalue weighted by atomic mass is 9.79. The number of hydrogen-bond donors (Lipinski definition) is 2. The Balaban J connectivity index is 0.787. The van der Waals surface area contributed by atoms with Crippen LogP contribution in [0.4, 0.5) is 11.4 Å². The molecule has 0 radical (unpaired) electrons. The number of carbonyl (C=O) groups is 3. The van der Waals surface area contributed by atoms with Gasteiger partial charge in [-0.2, -0.15) is 0 Å². The van der Waals surface area contributed by atoms with Gasteiger partial charge in [0.1, 0.15) is 17.5 Å². The van der Waals surface area contributed by atoms with Crippen molar-refractivity contribution in [2.75, 3.05) is 62.7 Å². The van der Waals surface area contributed by atoms with E-state index in [-0.39, 0.29) is 41.9 Å². The highest BCUT2D eigenvalue weighted by Crippen LogP contribution is 2.46. The first kappa shape index (κ1) is 36.3. The van der Waals surface area contributed by atoms with Crippen molar-refractivity contribution in [2.24, 2.45) is 5.92 Å². The molecular formula is C45H49N5O6. The van der Waals surface area contributed by atoms with Crippen LogP contribution in [0.5, 0.6) is 11.5 Å². The summed E-state index contributed by atoms with van der Waals surface area (Å²) >= 11 is 0. The number of ether oxygens (including phenoxy) is 2. The molecule has 3 amide bonds. The van der Waals surface area contributed by atoms with E-state index in [0.29, 0.717) is 31.1 Å². The van der Waals surface area contributed by atoms with Gasteiger partial charge in [0.15, 0.2) is 0 Å². The van der Waals surface area contributed by atoms with Gasteiger partial charge in [0, 0.05) is 81.6 Å². The van der Waals surface area contributed by atoms with Gasteiger partial charge in [0.2, 0.25) is 11.8 Å². The zero-order valence-electron chi connectivity index (χ0n) is 31.9. The minimum atomic E-state index is -0.593. The minimum absolute atomic E-state index is 0.0195. The molecule has 2 N–H and O–H groups in total. The Kier molecular flexibility index (Phi) is 9.89. The van der Waals surface area contributed by atoms with Gasteiger partial charge in [0.05, 0.1) is 19.8 Å². The number of phenolic OH excluding ortho intramolecular Hbond substituents is 1. The Morgan fingerprint density at radius 1 is 0.786 bits per heavy atom. The van der Waals surface area contributed by atoms with Gasteiger partial charge in [-0.1, -0.05) is 30.3 Å². The predicted octanol–water partition coefficient (Wildman–Crippen LogP) is 5.60. The van der Waals surface area contributed by atoms with Crippen molar-refractivity contribution in [3.05, 3.63) is 118 Å². The first-order chi connectivity index (χ1) is 27.3. The first-order valence-electron chi connectivity index (χ1n) is 20.0. The van der Waals surface area contributed by atoms with E-state index in [1.165, 1.54) is 16.8 Å². The average Bonchev–Trinajstić information content (AvgIpc) is 3.55. The second kappa shape index (κ2) is 15.3. The van der Waals surface area contributed by atoms with Crippen LogP contribution < -0.4 is 19.9 Å². The lowest BCUT2D eigenvalue weighted by Crippen LogP contribution is -2.52. The molecular weight excluding hydrogens is 707 g/mol. The molecule has 4 aromatic carbocycles. The zero-order chi connectivity index (χ0) is 38.3. The molecule has 0 aromatic heterocycles. The van der Waals surface area contributed by atoms with Crippen molar-refractivity contribution < 1.29 is 29.0 Å². The lowest BCUT2D eigenvalue weighted by molar-refractivity contribution is -0.136. The summed E-state index contributed by atoms with van der Waals surface area (Å²) in [7, 11) is 1.69. The molecule has 290 valence electrons. The molecule has 56 heavy (non-hydrogen) atoms. The maximum Gasteiger partial charge on any atom is 0.255 e. The minimum Gasteiger partial charge on any atom is -0.508 e. The summed E-state index contributed by atoms with van der Waals surface area (Å²) < 4.78 is 12.0. The van der Waals surface area contributed by atoms with Gasteiger partial charge in [-0.15, -0.1) is 0 Å². The highest BCUT2D eigenvalue weighted by Gasteiger charge is 2.39. The SMILES string of the molecule is COc1cccc([C@@H]2OCc3cc(O)ccc3[C@@H]2c2ccc(N3CCC(CN4CCN(c5ccc6c(c5)CN([C@H]5CCC(=O)NC5=O)C6=O)CC4)CC3)cc2)c1. The molecule has 0 unspecified atom stereocenters. The molecule has 0 bridgehead atoms. The molecule has 11 heteroatoms. The third-order valence-corrected chi connectivity index (χ3v) is 12.6. The number of benzene rings is 4. The Morgan fingerprint density at radius 3 is 2.32 bits per heavy atom. The predicted molar refractivity (Wildman–Crippen MR) is 213 cm³/mol. The highest BCUT2D eigenvalue weighted by molar-refractivity contribution is 6.05. The summed E-state index contributed by atoms with van der Waals surface area (Å²) in [6, 6.07) is 28.2. The van der Waals surface area contributed by atoms with Crippen LogP contribution in [0.3, 0.4) is 0 Å². The summed E-state index contributed by atoms with van der Waals surface area (Å²) in [5.41, 5.74) is 8.43. The van der Waals surface area contributed by atoms with Gasteiger partial charge in [-0.3, -0.25) is 24.6 Å². The Labute approximate surface area is 327 Å². The lowest BCUT2D eigenvalue weighted by Gasteiger charge is -2.40. The van der Waals surface area contributed by atoms with Crippen molar-refractivity contribution in [3.8, 4) is 11.5 Å². The number of hydrogen-bond acceptors (Lipinski definition) is 9. The highest BCUT2D eigenvalue weighted by atomic mass is 16.5. The van der Waals surface area contributed by atoms with Gasteiger partial charge in [-0.05, 0) is 108 Å². The van der Waals surface area contributed by atoms with E-state index in [4.69, 9.17) is 9.47 Å². The number of amides is 3. The number of imide groups is 1. The molecule has 5 aliphatic heterocycles. The molecule has 3 saturated heterocycles. The van der Waals surface area contributed by atoms with Crippen LogP contribution in [0, 0.1) is 5.92 Å². The van der Waals surface area contributed by atoms with E-state index in [2.05, 4.69) is 62.5 Å². The number of piperazine rings is 1. The molecule has 4 aromatic rings. The number of anilines is 2. The fourth-order valence-electron chi connectivity index (χ4n) is 9.50. The second-order valence-corrected chi connectivity index (χ2v) is 15.9. The van der Waals surface area contributed by atoms with E-state index in [1.807, 2.05) is 36.4 Å². The normalized spacial score (nSPS) is 23.2. The number of nitrogens with zero attached hydrogens (tertiary/aromatic N) is 4. The fourth-order valence-corrected chi connectivity index (χ4v) is 9.50. The van der Waals surface area contributed by atoms with Crippen molar-refractivity contribution >= 4 is 29.1 Å². The van der Waals surface area contributed by atoms with Crippen LogP contribution in [-0.2, 0) is 27.5 Å². The fraction of sp³-hybridized carbons (Fsp3) is 0.400. The molecule has 11 nitrogen and oxygen atoms in total. The summed E-state index contributed by atoms with van der Waals surface area (Å²) in [5, 5.41) is 12.6. The number of carbonyl (C=O) groups excluding carboxylic acids is 3. The molecule has 3 fully saturated rings. The van der Waals surface area contributed by atoms with Gasteiger partial charge in [0.25, 0.3) is 5.91 Å². The number of nitrogens with one attached hydrogen (secondary N) is 1. The monoisotopic (exact) mass is 755 g/mol. The first-order valence-corrected chi connectivity index (χ1v) is 20.0.